The van der Waals surface area contributed by atoms with Crippen LogP contribution in [0.15, 0.2) is 22.7 Å². The first-order valence-corrected chi connectivity index (χ1v) is 7.92. The number of halogens is 1. The van der Waals surface area contributed by atoms with Crippen molar-refractivity contribution >= 4 is 33.4 Å². The Balaban J connectivity index is 2.67. The monoisotopic (exact) mass is 332 g/mol. The van der Waals surface area contributed by atoms with E-state index in [9.17, 15) is 10.1 Å². The summed E-state index contributed by atoms with van der Waals surface area (Å²) < 4.78 is 0.521. The van der Waals surface area contributed by atoms with Gasteiger partial charge in [-0.3, -0.25) is 10.1 Å². The molecular formula is C12H17BrN2O2S. The highest BCUT2D eigenvalue weighted by atomic mass is 79.9. The molecular weight excluding hydrogens is 316 g/mol. The molecule has 0 saturated heterocycles. The van der Waals surface area contributed by atoms with Crippen molar-refractivity contribution in [3.05, 3.63) is 38.3 Å². The Hall–Kier alpha value is -0.590. The Morgan fingerprint density at radius 3 is 2.83 bits per heavy atom. The number of nitrogens with zero attached hydrogens (tertiary/aromatic N) is 1. The van der Waals surface area contributed by atoms with Gasteiger partial charge in [0.15, 0.2) is 0 Å². The van der Waals surface area contributed by atoms with Crippen LogP contribution in [0.25, 0.3) is 0 Å². The van der Waals surface area contributed by atoms with Crippen LogP contribution in [0, 0.1) is 10.1 Å². The number of nitro benzene ring substituents is 1. The van der Waals surface area contributed by atoms with Gasteiger partial charge >= 0.3 is 0 Å². The van der Waals surface area contributed by atoms with Crippen LogP contribution in [0.2, 0.25) is 0 Å². The van der Waals surface area contributed by atoms with Crippen molar-refractivity contribution < 1.29 is 4.92 Å². The van der Waals surface area contributed by atoms with Crippen molar-refractivity contribution in [2.75, 3.05) is 12.0 Å². The molecule has 1 unspecified atom stereocenters. The van der Waals surface area contributed by atoms with E-state index in [-0.39, 0.29) is 10.6 Å². The Kier molecular flexibility index (Phi) is 6.67. The summed E-state index contributed by atoms with van der Waals surface area (Å²) in [6, 6.07) is 5.69. The van der Waals surface area contributed by atoms with Gasteiger partial charge in [-0.15, -0.1) is 0 Å². The van der Waals surface area contributed by atoms with Gasteiger partial charge in [0, 0.05) is 24.4 Å². The van der Waals surface area contributed by atoms with E-state index in [4.69, 9.17) is 0 Å². The van der Waals surface area contributed by atoms with E-state index >= 15 is 0 Å². The quantitative estimate of drug-likeness (QED) is 0.612. The summed E-state index contributed by atoms with van der Waals surface area (Å²) >= 11 is 4.99. The fourth-order valence-electron chi connectivity index (χ4n) is 1.59. The van der Waals surface area contributed by atoms with E-state index in [1.54, 1.807) is 23.9 Å². The van der Waals surface area contributed by atoms with Crippen LogP contribution in [-0.2, 0) is 6.54 Å². The highest BCUT2D eigenvalue weighted by Crippen LogP contribution is 2.25. The molecule has 1 aromatic rings. The number of nitro groups is 1. The van der Waals surface area contributed by atoms with Crippen LogP contribution in [-0.4, -0.2) is 23.0 Å². The summed E-state index contributed by atoms with van der Waals surface area (Å²) in [6.07, 6.45) is 3.13. The number of thioether (sulfide) groups is 1. The molecule has 1 atom stereocenters. The van der Waals surface area contributed by atoms with E-state index in [1.807, 2.05) is 6.07 Å². The lowest BCUT2D eigenvalue weighted by molar-refractivity contribution is -0.385. The van der Waals surface area contributed by atoms with Crippen LogP contribution < -0.4 is 5.32 Å². The third kappa shape index (κ3) is 4.59. The molecule has 0 amide bonds. The molecule has 0 aromatic heterocycles. The fourth-order valence-corrected chi connectivity index (χ4v) is 2.74. The van der Waals surface area contributed by atoms with Crippen molar-refractivity contribution in [1.29, 1.82) is 0 Å². The topological polar surface area (TPSA) is 55.2 Å². The van der Waals surface area contributed by atoms with Crippen molar-refractivity contribution in [2.45, 2.75) is 25.9 Å². The molecule has 0 saturated carbocycles. The molecule has 1 N–H and O–H groups in total. The van der Waals surface area contributed by atoms with Gasteiger partial charge in [0.25, 0.3) is 5.69 Å². The summed E-state index contributed by atoms with van der Waals surface area (Å²) in [7, 11) is 0. The number of benzene rings is 1. The van der Waals surface area contributed by atoms with Crippen molar-refractivity contribution in [2.24, 2.45) is 0 Å². The molecule has 0 aliphatic rings. The van der Waals surface area contributed by atoms with Gasteiger partial charge < -0.3 is 5.32 Å². The second-order valence-corrected chi connectivity index (χ2v) is 5.75. The third-order valence-electron chi connectivity index (χ3n) is 2.66. The zero-order valence-electron chi connectivity index (χ0n) is 10.5. The van der Waals surface area contributed by atoms with Gasteiger partial charge in [0.05, 0.1) is 9.40 Å². The van der Waals surface area contributed by atoms with Gasteiger partial charge in [0.2, 0.25) is 0 Å². The molecule has 0 heterocycles. The molecule has 0 aliphatic heterocycles. The first-order valence-electron chi connectivity index (χ1n) is 5.73. The lowest BCUT2D eigenvalue weighted by Crippen LogP contribution is -2.30. The van der Waals surface area contributed by atoms with E-state index < -0.39 is 0 Å². The standard InChI is InChI=1S/C12H17BrN2O2S/c1-3-10(8-18-2)14-7-9-4-5-11(13)12(6-9)15(16)17/h4-6,10,14H,3,7-8H2,1-2H3. The van der Waals surface area contributed by atoms with Crippen LogP contribution in [0.3, 0.4) is 0 Å². The summed E-state index contributed by atoms with van der Waals surface area (Å²) in [4.78, 5) is 10.5. The lowest BCUT2D eigenvalue weighted by atomic mass is 10.2. The molecule has 1 aromatic carbocycles. The first kappa shape index (κ1) is 15.5. The molecule has 6 heteroatoms. The van der Waals surface area contributed by atoms with E-state index in [1.165, 1.54) is 0 Å². The van der Waals surface area contributed by atoms with Crippen LogP contribution in [0.1, 0.15) is 18.9 Å². The maximum atomic E-state index is 10.8. The van der Waals surface area contributed by atoms with Gasteiger partial charge in [-0.2, -0.15) is 11.8 Å². The fraction of sp³-hybridized carbons (Fsp3) is 0.500. The second kappa shape index (κ2) is 7.76. The van der Waals surface area contributed by atoms with Crippen LogP contribution in [0.5, 0.6) is 0 Å². The summed E-state index contributed by atoms with van der Waals surface area (Å²) in [5.74, 6) is 1.05. The van der Waals surface area contributed by atoms with Gasteiger partial charge in [-0.1, -0.05) is 13.0 Å². The minimum atomic E-state index is -0.368. The molecule has 0 radical (unpaired) electrons. The Bertz CT molecular complexity index is 415. The van der Waals surface area contributed by atoms with Gasteiger partial charge in [-0.25, -0.2) is 0 Å². The van der Waals surface area contributed by atoms with Crippen molar-refractivity contribution in [1.82, 2.24) is 5.32 Å². The SMILES string of the molecule is CCC(CSC)NCc1ccc(Br)c([N+](=O)[O-])c1. The Morgan fingerprint density at radius 2 is 2.28 bits per heavy atom. The van der Waals surface area contributed by atoms with Crippen LogP contribution in [0.4, 0.5) is 5.69 Å². The normalized spacial score (nSPS) is 12.4. The van der Waals surface area contributed by atoms with Gasteiger partial charge in [-0.05, 0) is 40.2 Å². The highest BCUT2D eigenvalue weighted by Gasteiger charge is 2.12. The van der Waals surface area contributed by atoms with Crippen molar-refractivity contribution in [3.8, 4) is 0 Å². The zero-order chi connectivity index (χ0) is 13.5. The Morgan fingerprint density at radius 1 is 1.56 bits per heavy atom. The molecule has 1 rings (SSSR count). The number of rotatable bonds is 7. The summed E-state index contributed by atoms with van der Waals surface area (Å²) in [6.45, 7) is 2.80. The molecule has 100 valence electrons. The molecule has 0 fully saturated rings. The Labute approximate surface area is 120 Å². The maximum absolute atomic E-state index is 10.8. The molecule has 18 heavy (non-hydrogen) atoms. The average molecular weight is 333 g/mol. The number of nitrogens with one attached hydrogen (secondary N) is 1. The lowest BCUT2D eigenvalue weighted by Gasteiger charge is -2.15. The highest BCUT2D eigenvalue weighted by molar-refractivity contribution is 9.10. The van der Waals surface area contributed by atoms with Crippen LogP contribution >= 0.6 is 27.7 Å². The predicted molar refractivity (Wildman–Crippen MR) is 80.1 cm³/mol. The number of hydrogen-bond acceptors (Lipinski definition) is 4. The molecule has 0 aliphatic carbocycles. The zero-order valence-corrected chi connectivity index (χ0v) is 12.9. The number of hydrogen-bond donors (Lipinski definition) is 1. The van der Waals surface area contributed by atoms with Gasteiger partial charge in [0.1, 0.15) is 0 Å². The van der Waals surface area contributed by atoms with E-state index in [0.29, 0.717) is 17.1 Å². The largest absolute Gasteiger partial charge is 0.309 e. The maximum Gasteiger partial charge on any atom is 0.283 e. The minimum Gasteiger partial charge on any atom is -0.309 e. The average Bonchev–Trinajstić information content (AvgIpc) is 2.35. The first-order chi connectivity index (χ1) is 8.58. The molecule has 0 bridgehead atoms. The molecule has 0 spiro atoms. The minimum absolute atomic E-state index is 0.118. The summed E-state index contributed by atoms with van der Waals surface area (Å²) in [5.41, 5.74) is 1.05. The smallest absolute Gasteiger partial charge is 0.283 e. The summed E-state index contributed by atoms with van der Waals surface area (Å²) in [5, 5.41) is 14.2. The van der Waals surface area contributed by atoms with E-state index in [0.717, 1.165) is 17.7 Å². The second-order valence-electron chi connectivity index (χ2n) is 3.98. The third-order valence-corrected chi connectivity index (χ3v) is 4.07. The van der Waals surface area contributed by atoms with E-state index in [2.05, 4.69) is 34.4 Å². The predicted octanol–water partition coefficient (Wildman–Crippen LogP) is 3.59. The molecule has 4 nitrogen and oxygen atoms in total. The van der Waals surface area contributed by atoms with Crippen molar-refractivity contribution in [3.63, 3.8) is 0 Å².